The molecule has 6 nitrogen and oxygen atoms in total. The fourth-order valence-electron chi connectivity index (χ4n) is 4.99. The molecule has 0 aliphatic carbocycles. The lowest BCUT2D eigenvalue weighted by molar-refractivity contribution is -0.705. The molecule has 1 aromatic heterocycles. The van der Waals surface area contributed by atoms with E-state index in [9.17, 15) is 9.90 Å². The normalized spacial score (nSPS) is 11.3. The number of carbonyl (C=O) groups excluding carboxylic acids is 1. The number of carboxylic acid groups (broad SMARTS) is 1. The van der Waals surface area contributed by atoms with Crippen LogP contribution >= 0.6 is 27.7 Å². The zero-order valence-corrected chi connectivity index (χ0v) is 28.1. The van der Waals surface area contributed by atoms with Gasteiger partial charge in [-0.1, -0.05) is 107 Å². The summed E-state index contributed by atoms with van der Waals surface area (Å²) in [5.74, 6) is -0.0559. The lowest BCUT2D eigenvalue weighted by atomic mass is 10.1. The van der Waals surface area contributed by atoms with Crippen LogP contribution in [0.15, 0.2) is 149 Å². The van der Waals surface area contributed by atoms with Gasteiger partial charge in [-0.25, -0.2) is 9.13 Å². The fraction of sp³-hybridized carbons (Fsp3) is 0.154. The third kappa shape index (κ3) is 10.2. The standard InChI is InChI=1S/C32H29BrN3OS.C7H6O2/c33-31-9-4-3-8-30(31)32(37-23-26-12-10-25(21-34)11-13-26)22-36-18-17-35(24-36)16-5-19-38-29-15-14-27-6-1-2-7-28(27)20-29;8-7(9)6-4-2-1-3-5-6/h1-4,6-15,17-18,20,24,32H,5,16,19,22-23H2;1-5H,(H,8,9)/q+1;/p-1. The second-order valence-electron chi connectivity index (χ2n) is 10.8. The first-order valence-corrected chi connectivity index (χ1v) is 17.0. The van der Waals surface area contributed by atoms with Gasteiger partial charge < -0.3 is 14.6 Å². The van der Waals surface area contributed by atoms with E-state index in [1.54, 1.807) is 18.2 Å². The molecule has 0 aliphatic heterocycles. The zero-order valence-electron chi connectivity index (χ0n) is 25.7. The van der Waals surface area contributed by atoms with Crippen molar-refractivity contribution < 1.29 is 19.2 Å². The van der Waals surface area contributed by atoms with Crippen molar-refractivity contribution in [2.75, 3.05) is 5.75 Å². The third-order valence-electron chi connectivity index (χ3n) is 7.47. The molecule has 1 atom stereocenters. The number of imidazole rings is 1. The Morgan fingerprint density at radius 3 is 2.36 bits per heavy atom. The van der Waals surface area contributed by atoms with Gasteiger partial charge >= 0.3 is 0 Å². The maximum absolute atomic E-state index is 10.1. The smallest absolute Gasteiger partial charge is 0.243 e. The maximum atomic E-state index is 10.1. The van der Waals surface area contributed by atoms with Crippen molar-refractivity contribution in [3.63, 3.8) is 0 Å². The summed E-state index contributed by atoms with van der Waals surface area (Å²) in [7, 11) is 0. The van der Waals surface area contributed by atoms with Gasteiger partial charge in [-0.05, 0) is 64.2 Å². The lowest BCUT2D eigenvalue weighted by Gasteiger charge is -2.18. The molecule has 0 amide bonds. The SMILES string of the molecule is N#Cc1ccc(COC(C[n+]2ccn(CCCSc3ccc4ccccc4c3)c2)c2ccccc2Br)cc1.O=C([O-])c1ccccc1. The van der Waals surface area contributed by atoms with E-state index in [0.717, 1.165) is 34.3 Å². The molecule has 0 saturated heterocycles. The Bertz CT molecular complexity index is 1940. The van der Waals surface area contributed by atoms with E-state index in [4.69, 9.17) is 10.00 Å². The van der Waals surface area contributed by atoms with E-state index in [1.807, 2.05) is 48.2 Å². The summed E-state index contributed by atoms with van der Waals surface area (Å²) in [5, 5.41) is 21.7. The number of hydrogen-bond acceptors (Lipinski definition) is 5. The van der Waals surface area contributed by atoms with E-state index in [0.29, 0.717) is 18.7 Å². The molecule has 6 rings (SSSR count). The van der Waals surface area contributed by atoms with Crippen LogP contribution in [0.1, 0.15) is 39.6 Å². The van der Waals surface area contributed by atoms with Gasteiger partial charge in [0.05, 0.1) is 30.8 Å². The molecule has 5 aromatic carbocycles. The number of aryl methyl sites for hydroxylation is 1. The van der Waals surface area contributed by atoms with E-state index < -0.39 is 5.97 Å². The number of ether oxygens (including phenoxy) is 1. The Morgan fingerprint density at radius 1 is 0.915 bits per heavy atom. The number of carboxylic acids is 1. The molecule has 236 valence electrons. The third-order valence-corrected chi connectivity index (χ3v) is 9.27. The van der Waals surface area contributed by atoms with Crippen molar-refractivity contribution in [3.05, 3.63) is 167 Å². The zero-order chi connectivity index (χ0) is 32.8. The minimum absolute atomic E-state index is 0.120. The highest BCUT2D eigenvalue weighted by molar-refractivity contribution is 9.10. The first-order valence-electron chi connectivity index (χ1n) is 15.3. The molecule has 0 spiro atoms. The lowest BCUT2D eigenvalue weighted by Crippen LogP contribution is -2.35. The number of nitrogens with zero attached hydrogens (tertiary/aromatic N) is 3. The number of benzene rings is 5. The van der Waals surface area contributed by atoms with Crippen molar-refractivity contribution in [1.82, 2.24) is 4.57 Å². The monoisotopic (exact) mass is 703 g/mol. The molecule has 0 radical (unpaired) electrons. The number of aromatic nitrogens is 2. The van der Waals surface area contributed by atoms with Gasteiger partial charge in [0.25, 0.3) is 0 Å². The van der Waals surface area contributed by atoms with Gasteiger partial charge in [-0.3, -0.25) is 0 Å². The molecule has 6 aromatic rings. The average Bonchev–Trinajstić information content (AvgIpc) is 3.56. The fourth-order valence-corrected chi connectivity index (χ4v) is 6.41. The van der Waals surface area contributed by atoms with E-state index in [1.165, 1.54) is 27.8 Å². The van der Waals surface area contributed by atoms with Crippen LogP contribution in [0.5, 0.6) is 0 Å². The number of carbonyl (C=O) groups is 1. The maximum Gasteiger partial charge on any atom is 0.243 e. The summed E-state index contributed by atoms with van der Waals surface area (Å²) in [6.07, 6.45) is 7.39. The molecule has 1 unspecified atom stereocenters. The van der Waals surface area contributed by atoms with E-state index in [-0.39, 0.29) is 11.7 Å². The van der Waals surface area contributed by atoms with Gasteiger partial charge in [-0.15, -0.1) is 11.8 Å². The molecule has 0 aliphatic rings. The molecular formula is C39H34BrN3O3S. The van der Waals surface area contributed by atoms with Gasteiger partial charge in [0.2, 0.25) is 6.33 Å². The second kappa shape index (κ2) is 17.3. The number of aromatic carboxylic acids is 1. The number of hydrogen-bond donors (Lipinski definition) is 0. The summed E-state index contributed by atoms with van der Waals surface area (Å²) in [4.78, 5) is 11.4. The van der Waals surface area contributed by atoms with Crippen LogP contribution in [0.2, 0.25) is 0 Å². The molecule has 0 fully saturated rings. The Kier molecular flexibility index (Phi) is 12.4. The van der Waals surface area contributed by atoms with Gasteiger partial charge in [0.15, 0.2) is 0 Å². The molecule has 1 heterocycles. The Hall–Kier alpha value is -4.68. The number of rotatable bonds is 12. The summed E-state index contributed by atoms with van der Waals surface area (Å²) < 4.78 is 11.9. The van der Waals surface area contributed by atoms with Crippen molar-refractivity contribution in [3.8, 4) is 6.07 Å². The van der Waals surface area contributed by atoms with Crippen LogP contribution < -0.4 is 9.67 Å². The van der Waals surface area contributed by atoms with Gasteiger partial charge in [-0.2, -0.15) is 5.26 Å². The van der Waals surface area contributed by atoms with Crippen LogP contribution in [-0.2, 0) is 24.4 Å². The second-order valence-corrected chi connectivity index (χ2v) is 12.9. The van der Waals surface area contributed by atoms with Crippen molar-refractivity contribution in [2.45, 2.75) is 37.1 Å². The Labute approximate surface area is 288 Å². The topological polar surface area (TPSA) is 82.0 Å². The van der Waals surface area contributed by atoms with Crippen molar-refractivity contribution in [1.29, 1.82) is 5.26 Å². The van der Waals surface area contributed by atoms with Gasteiger partial charge in [0.1, 0.15) is 25.0 Å². The Balaban J connectivity index is 0.000000417. The molecule has 0 saturated carbocycles. The predicted octanol–water partition coefficient (Wildman–Crippen LogP) is 7.75. The molecule has 0 N–H and O–H groups in total. The minimum Gasteiger partial charge on any atom is -0.545 e. The predicted molar refractivity (Wildman–Crippen MR) is 188 cm³/mol. The highest BCUT2D eigenvalue weighted by atomic mass is 79.9. The summed E-state index contributed by atoms with van der Waals surface area (Å²) >= 11 is 5.62. The molecule has 8 heteroatoms. The first-order chi connectivity index (χ1) is 23.0. The van der Waals surface area contributed by atoms with Crippen LogP contribution in [-0.4, -0.2) is 16.3 Å². The largest absolute Gasteiger partial charge is 0.545 e. The van der Waals surface area contributed by atoms with Crippen molar-refractivity contribution in [2.24, 2.45) is 0 Å². The highest BCUT2D eigenvalue weighted by Gasteiger charge is 2.19. The van der Waals surface area contributed by atoms with Crippen LogP contribution in [0.4, 0.5) is 0 Å². The average molecular weight is 705 g/mol. The quantitative estimate of drug-likeness (QED) is 0.0740. The number of halogens is 1. The number of fused-ring (bicyclic) bond motifs is 1. The summed E-state index contributed by atoms with van der Waals surface area (Å²) in [6, 6.07) is 41.2. The van der Waals surface area contributed by atoms with Crippen molar-refractivity contribution >= 4 is 44.4 Å². The van der Waals surface area contributed by atoms with Crippen LogP contribution in [0, 0.1) is 11.3 Å². The van der Waals surface area contributed by atoms with Crippen LogP contribution in [0.3, 0.4) is 0 Å². The van der Waals surface area contributed by atoms with E-state index >= 15 is 0 Å². The molecular weight excluding hydrogens is 670 g/mol. The number of thioether (sulfide) groups is 1. The number of nitriles is 1. The first kappa shape index (κ1) is 33.7. The Morgan fingerprint density at radius 2 is 1.64 bits per heavy atom. The summed E-state index contributed by atoms with van der Waals surface area (Å²) in [5.41, 5.74) is 3.04. The molecule has 0 bridgehead atoms. The van der Waals surface area contributed by atoms with Gasteiger partial charge in [0, 0.05) is 15.1 Å². The van der Waals surface area contributed by atoms with E-state index in [2.05, 4.69) is 104 Å². The van der Waals surface area contributed by atoms with Crippen LogP contribution in [0.25, 0.3) is 10.8 Å². The minimum atomic E-state index is -1.13. The molecule has 47 heavy (non-hydrogen) atoms. The summed E-state index contributed by atoms with van der Waals surface area (Å²) in [6.45, 7) is 2.15. The highest BCUT2D eigenvalue weighted by Crippen LogP contribution is 2.28.